The molecule has 5 nitrogen and oxygen atoms in total. The molecule has 1 unspecified atom stereocenters. The fourth-order valence-corrected chi connectivity index (χ4v) is 4.71. The maximum atomic E-state index is 13.0. The van der Waals surface area contributed by atoms with Crippen molar-refractivity contribution in [3.63, 3.8) is 0 Å². The number of ether oxygens (including phenoxy) is 2. The molecule has 4 rings (SSSR count). The summed E-state index contributed by atoms with van der Waals surface area (Å²) >= 11 is 7.41. The molecule has 1 aliphatic heterocycles. The standard InChI is InChI=1S/C24H25ClN2O3S/c1-29-22-6-2-4-17(13-22)12-20-5-3-11-27(20)24(28)14-19-16-31-23(26-19)15-30-21-9-7-18(25)8-10-21/h2,4,6-10,13,16,20H,3,5,11-12,14-15H2,1H3. The van der Waals surface area contributed by atoms with E-state index in [0.717, 1.165) is 48.0 Å². The summed E-state index contributed by atoms with van der Waals surface area (Å²) < 4.78 is 11.1. The van der Waals surface area contributed by atoms with Gasteiger partial charge >= 0.3 is 0 Å². The zero-order valence-corrected chi connectivity index (χ0v) is 19.0. The Kier molecular flexibility index (Phi) is 7.10. The van der Waals surface area contributed by atoms with Gasteiger partial charge in [0, 0.05) is 23.0 Å². The molecule has 0 N–H and O–H groups in total. The highest BCUT2D eigenvalue weighted by Gasteiger charge is 2.29. The minimum Gasteiger partial charge on any atom is -0.497 e. The van der Waals surface area contributed by atoms with E-state index in [0.29, 0.717) is 18.1 Å². The summed E-state index contributed by atoms with van der Waals surface area (Å²) in [4.78, 5) is 19.6. The SMILES string of the molecule is COc1cccc(CC2CCCN2C(=O)Cc2csc(COc3ccc(Cl)cc3)n2)c1. The third-order valence-corrected chi connectivity index (χ3v) is 6.53. The van der Waals surface area contributed by atoms with Crippen LogP contribution >= 0.6 is 22.9 Å². The number of aromatic nitrogens is 1. The van der Waals surface area contributed by atoms with Gasteiger partial charge in [-0.05, 0) is 61.2 Å². The second kappa shape index (κ2) is 10.2. The molecule has 2 heterocycles. The molecule has 0 radical (unpaired) electrons. The van der Waals surface area contributed by atoms with Crippen LogP contribution in [-0.4, -0.2) is 35.5 Å². The molecule has 7 heteroatoms. The van der Waals surface area contributed by atoms with E-state index in [1.807, 2.05) is 40.6 Å². The Labute approximate surface area is 191 Å². The van der Waals surface area contributed by atoms with Crippen LogP contribution in [0.5, 0.6) is 11.5 Å². The van der Waals surface area contributed by atoms with Crippen molar-refractivity contribution in [3.8, 4) is 11.5 Å². The van der Waals surface area contributed by atoms with Crippen LogP contribution in [0.1, 0.15) is 29.1 Å². The van der Waals surface area contributed by atoms with E-state index in [1.54, 1.807) is 19.2 Å². The second-order valence-corrected chi connectivity index (χ2v) is 8.97. The number of hydrogen-bond acceptors (Lipinski definition) is 5. The molecule has 0 aliphatic carbocycles. The van der Waals surface area contributed by atoms with Crippen LogP contribution < -0.4 is 9.47 Å². The van der Waals surface area contributed by atoms with E-state index in [1.165, 1.54) is 16.9 Å². The summed E-state index contributed by atoms with van der Waals surface area (Å²) in [6.45, 7) is 1.19. The van der Waals surface area contributed by atoms with Crippen molar-refractivity contribution in [1.29, 1.82) is 0 Å². The predicted octanol–water partition coefficient (Wildman–Crippen LogP) is 5.16. The molecule has 0 spiro atoms. The number of benzene rings is 2. The third-order valence-electron chi connectivity index (χ3n) is 5.41. The predicted molar refractivity (Wildman–Crippen MR) is 123 cm³/mol. The normalized spacial score (nSPS) is 15.8. The van der Waals surface area contributed by atoms with Crippen LogP contribution in [0, 0.1) is 0 Å². The molecular formula is C24H25ClN2O3S. The lowest BCUT2D eigenvalue weighted by atomic mass is 10.0. The van der Waals surface area contributed by atoms with E-state index in [2.05, 4.69) is 11.1 Å². The van der Waals surface area contributed by atoms with Gasteiger partial charge in [-0.1, -0.05) is 23.7 Å². The molecule has 162 valence electrons. The number of halogens is 1. The number of methoxy groups -OCH3 is 1. The van der Waals surface area contributed by atoms with Crippen molar-refractivity contribution in [2.24, 2.45) is 0 Å². The highest BCUT2D eigenvalue weighted by atomic mass is 35.5. The zero-order valence-electron chi connectivity index (χ0n) is 17.4. The monoisotopic (exact) mass is 456 g/mol. The van der Waals surface area contributed by atoms with Crippen LogP contribution in [-0.2, 0) is 24.2 Å². The first kappa shape index (κ1) is 21.7. The highest BCUT2D eigenvalue weighted by Crippen LogP contribution is 2.24. The lowest BCUT2D eigenvalue weighted by molar-refractivity contribution is -0.131. The molecule has 1 atom stereocenters. The van der Waals surface area contributed by atoms with Gasteiger partial charge in [0.05, 0.1) is 19.2 Å². The zero-order chi connectivity index (χ0) is 21.6. The fourth-order valence-electron chi connectivity index (χ4n) is 3.88. The first-order valence-electron chi connectivity index (χ1n) is 10.3. The third kappa shape index (κ3) is 5.77. The quantitative estimate of drug-likeness (QED) is 0.469. The number of rotatable bonds is 8. The van der Waals surface area contributed by atoms with Crippen molar-refractivity contribution in [1.82, 2.24) is 9.88 Å². The van der Waals surface area contributed by atoms with Gasteiger partial charge in [-0.2, -0.15) is 0 Å². The number of hydrogen-bond donors (Lipinski definition) is 0. The molecule has 1 aliphatic rings. The van der Waals surface area contributed by atoms with Gasteiger partial charge < -0.3 is 14.4 Å². The molecule has 3 aromatic rings. The van der Waals surface area contributed by atoms with Gasteiger partial charge in [0.1, 0.15) is 23.1 Å². The molecule has 1 saturated heterocycles. The van der Waals surface area contributed by atoms with Gasteiger partial charge in [-0.15, -0.1) is 11.3 Å². The lowest BCUT2D eigenvalue weighted by Crippen LogP contribution is -2.37. The van der Waals surface area contributed by atoms with Gasteiger partial charge in [-0.25, -0.2) is 4.98 Å². The first-order valence-corrected chi connectivity index (χ1v) is 11.6. The number of amides is 1. The number of likely N-dealkylation sites (tertiary alicyclic amines) is 1. The summed E-state index contributed by atoms with van der Waals surface area (Å²) in [6, 6.07) is 15.6. The molecule has 0 bridgehead atoms. The minimum absolute atomic E-state index is 0.140. The van der Waals surface area contributed by atoms with Crippen molar-refractivity contribution in [3.05, 3.63) is 75.2 Å². The Morgan fingerprint density at radius 2 is 2.06 bits per heavy atom. The Bertz CT molecular complexity index is 1020. The van der Waals surface area contributed by atoms with Crippen LogP contribution in [0.2, 0.25) is 5.02 Å². The molecule has 1 amide bonds. The summed E-state index contributed by atoms with van der Waals surface area (Å²) in [5.41, 5.74) is 2.00. The minimum atomic E-state index is 0.140. The fraction of sp³-hybridized carbons (Fsp3) is 0.333. The second-order valence-electron chi connectivity index (χ2n) is 7.59. The molecular weight excluding hydrogens is 432 g/mol. The number of carbonyl (C=O) groups excluding carboxylic acids is 1. The maximum absolute atomic E-state index is 13.0. The Morgan fingerprint density at radius 3 is 2.87 bits per heavy atom. The largest absolute Gasteiger partial charge is 0.497 e. The Morgan fingerprint density at radius 1 is 1.23 bits per heavy atom. The van der Waals surface area contributed by atoms with E-state index in [-0.39, 0.29) is 11.9 Å². The molecule has 31 heavy (non-hydrogen) atoms. The van der Waals surface area contributed by atoms with Crippen molar-refractivity contribution < 1.29 is 14.3 Å². The molecule has 1 aromatic heterocycles. The summed E-state index contributed by atoms with van der Waals surface area (Å²) in [6.07, 6.45) is 3.24. The molecule has 0 saturated carbocycles. The van der Waals surface area contributed by atoms with Crippen LogP contribution in [0.3, 0.4) is 0 Å². The van der Waals surface area contributed by atoms with E-state index >= 15 is 0 Å². The van der Waals surface area contributed by atoms with Crippen LogP contribution in [0.4, 0.5) is 0 Å². The average Bonchev–Trinajstić information content (AvgIpc) is 3.43. The van der Waals surface area contributed by atoms with E-state index in [4.69, 9.17) is 21.1 Å². The Hall–Kier alpha value is -2.57. The smallest absolute Gasteiger partial charge is 0.228 e. The number of nitrogens with zero attached hydrogens (tertiary/aromatic N) is 2. The van der Waals surface area contributed by atoms with Crippen molar-refractivity contribution in [2.45, 2.75) is 38.3 Å². The average molecular weight is 457 g/mol. The van der Waals surface area contributed by atoms with E-state index < -0.39 is 0 Å². The summed E-state index contributed by atoms with van der Waals surface area (Å²) in [5.74, 6) is 1.74. The van der Waals surface area contributed by atoms with Crippen molar-refractivity contribution in [2.75, 3.05) is 13.7 Å². The van der Waals surface area contributed by atoms with Crippen LogP contribution in [0.25, 0.3) is 0 Å². The topological polar surface area (TPSA) is 51.7 Å². The molecule has 1 fully saturated rings. The Balaban J connectivity index is 1.32. The molecule has 2 aromatic carbocycles. The first-order chi connectivity index (χ1) is 15.1. The van der Waals surface area contributed by atoms with Gasteiger partial charge in [-0.3, -0.25) is 4.79 Å². The van der Waals surface area contributed by atoms with Gasteiger partial charge in [0.25, 0.3) is 0 Å². The number of carbonyl (C=O) groups is 1. The van der Waals surface area contributed by atoms with E-state index in [9.17, 15) is 4.79 Å². The highest BCUT2D eigenvalue weighted by molar-refractivity contribution is 7.09. The number of thiazole rings is 1. The summed E-state index contributed by atoms with van der Waals surface area (Å²) in [5, 5.41) is 3.48. The maximum Gasteiger partial charge on any atom is 0.228 e. The lowest BCUT2D eigenvalue weighted by Gasteiger charge is -2.25. The van der Waals surface area contributed by atoms with Crippen molar-refractivity contribution >= 4 is 28.8 Å². The summed E-state index contributed by atoms with van der Waals surface area (Å²) in [7, 11) is 1.67. The van der Waals surface area contributed by atoms with Gasteiger partial charge in [0.15, 0.2) is 0 Å². The van der Waals surface area contributed by atoms with Crippen LogP contribution in [0.15, 0.2) is 53.9 Å². The van der Waals surface area contributed by atoms with Gasteiger partial charge in [0.2, 0.25) is 5.91 Å².